The second kappa shape index (κ2) is 26.9. The summed E-state index contributed by atoms with van der Waals surface area (Å²) in [5, 5.41) is 0. The predicted octanol–water partition coefficient (Wildman–Crippen LogP) is -19.0. The molecule has 0 rings (SSSR count). The fourth-order valence-electron chi connectivity index (χ4n) is 0.122. The fourth-order valence-corrected chi connectivity index (χ4v) is 1.10. The van der Waals surface area contributed by atoms with Crippen LogP contribution in [0.3, 0.4) is 0 Å². The molecule has 23 nitrogen and oxygen atoms in total. The summed E-state index contributed by atoms with van der Waals surface area (Å²) >= 11 is 0. The van der Waals surface area contributed by atoms with Gasteiger partial charge in [-0.1, -0.05) is 0 Å². The number of hydrogen-bond acceptors (Lipinski definition) is 11. The van der Waals surface area contributed by atoms with Crippen LogP contribution in [0.4, 0.5) is 0 Å². The first-order valence-electron chi connectivity index (χ1n) is 4.59. The summed E-state index contributed by atoms with van der Waals surface area (Å²) in [6.45, 7) is 0. The molecule has 0 bridgehead atoms. The Hall–Kier alpha value is 4.70. The van der Waals surface area contributed by atoms with Gasteiger partial charge in [-0.15, -0.1) is 0 Å². The molecule has 184 valence electrons. The average molecular weight is 658 g/mol. The molecule has 0 aromatic rings. The van der Waals surface area contributed by atoms with Crippen LogP contribution in [0.5, 0.6) is 0 Å². The maximum absolute atomic E-state index is 9.32. The van der Waals surface area contributed by atoms with Gasteiger partial charge in [-0.05, 0) is 0 Å². The minimum Gasteiger partial charge on any atom is -0.790 e. The Morgan fingerprint density at radius 3 is 0.424 bits per heavy atom. The van der Waals surface area contributed by atoms with E-state index < -0.39 is 46.9 Å². The largest absolute Gasteiger partial charge is 1.00 e. The van der Waals surface area contributed by atoms with Gasteiger partial charge in [-0.2, -0.15) is 0 Å². The Labute approximate surface area is 271 Å². The van der Waals surface area contributed by atoms with Gasteiger partial charge < -0.3 is 91.7 Å². The standard InChI is InChI=1S/4Na.H4O7P2.4H3O4P/c;;;;1-8(2,3)7-9(4,5)6;4*1-5(2,3)4/h;;;;(H2,1,2,3)(H2,4,5,6);4*(H3,1,2,3,4)/q4*+1;;;;;/p-4. The van der Waals surface area contributed by atoms with Crippen LogP contribution in [0.2, 0.25) is 0 Å². The number of hydrogen-bond donors (Lipinski definition) is 12. The molecule has 0 aliphatic heterocycles. The van der Waals surface area contributed by atoms with E-state index in [0.717, 1.165) is 0 Å². The molecule has 0 spiro atoms. The van der Waals surface area contributed by atoms with Crippen molar-refractivity contribution in [1.29, 1.82) is 0 Å². The first-order chi connectivity index (χ1) is 11.7. The van der Waals surface area contributed by atoms with Gasteiger partial charge in [-0.3, -0.25) is 0 Å². The molecule has 33 heavy (non-hydrogen) atoms. The van der Waals surface area contributed by atoms with E-state index in [1.807, 2.05) is 0 Å². The molecule has 0 amide bonds. The van der Waals surface area contributed by atoms with E-state index in [2.05, 4.69) is 4.31 Å². The molecule has 0 aliphatic carbocycles. The van der Waals surface area contributed by atoms with Crippen molar-refractivity contribution in [3.05, 3.63) is 0 Å². The van der Waals surface area contributed by atoms with Gasteiger partial charge in [0.15, 0.2) is 0 Å². The summed E-state index contributed by atoms with van der Waals surface area (Å²) < 4.78 is 56.7. The molecule has 0 saturated carbocycles. The third kappa shape index (κ3) is 386. The smallest absolute Gasteiger partial charge is 0.790 e. The SMILES string of the molecule is O=P(O)(O)O.O=P(O)(O)O.O=P(O)(O)O.O=P(O)(O)O.O=P([O-])([O-])OP(=O)([O-])[O-].[Na+].[Na+].[Na+].[Na+]. The molecule has 0 fully saturated rings. The van der Waals surface area contributed by atoms with Crippen molar-refractivity contribution in [3.63, 3.8) is 0 Å². The fraction of sp³-hybridized carbons (Fsp3) is 0. The van der Waals surface area contributed by atoms with Crippen molar-refractivity contribution in [2.24, 2.45) is 0 Å². The van der Waals surface area contributed by atoms with Gasteiger partial charge in [0.25, 0.3) is 0 Å². The van der Waals surface area contributed by atoms with E-state index in [0.29, 0.717) is 0 Å². The Balaban J connectivity index is -0.0000000310. The van der Waals surface area contributed by atoms with E-state index >= 15 is 0 Å². The van der Waals surface area contributed by atoms with Crippen molar-refractivity contribution >= 4 is 46.9 Å². The van der Waals surface area contributed by atoms with Crippen LogP contribution in [0.1, 0.15) is 0 Å². The second-order valence-corrected chi connectivity index (χ2v) is 9.58. The van der Waals surface area contributed by atoms with Crippen molar-refractivity contribution in [2.75, 3.05) is 0 Å². The van der Waals surface area contributed by atoms with Gasteiger partial charge in [0.05, 0.1) is 15.6 Å². The van der Waals surface area contributed by atoms with Crippen molar-refractivity contribution in [1.82, 2.24) is 0 Å². The van der Waals surface area contributed by atoms with Crippen LogP contribution in [0, 0.1) is 0 Å². The van der Waals surface area contributed by atoms with E-state index in [4.69, 9.17) is 77.0 Å². The molecular weight excluding hydrogens is 646 g/mol. The van der Waals surface area contributed by atoms with Crippen molar-refractivity contribution < 1.29 is 228 Å². The van der Waals surface area contributed by atoms with Crippen LogP contribution in [-0.4, -0.2) is 58.7 Å². The zero-order chi connectivity index (χ0) is 25.7. The van der Waals surface area contributed by atoms with Gasteiger partial charge in [-0.25, -0.2) is 18.3 Å². The molecule has 12 N–H and O–H groups in total. The molecule has 0 radical (unpaired) electrons. The van der Waals surface area contributed by atoms with Gasteiger partial charge in [0, 0.05) is 0 Å². The quantitative estimate of drug-likeness (QED) is 0.0967. The second-order valence-electron chi connectivity index (χ2n) is 3.03. The maximum atomic E-state index is 9.32. The molecule has 0 heterocycles. The number of rotatable bonds is 2. The summed E-state index contributed by atoms with van der Waals surface area (Å²) in [5.41, 5.74) is 0. The van der Waals surface area contributed by atoms with Crippen LogP contribution in [-0.2, 0) is 31.7 Å². The Morgan fingerprint density at radius 2 is 0.424 bits per heavy atom. The van der Waals surface area contributed by atoms with E-state index in [9.17, 15) is 28.7 Å². The molecular formula is H12Na4O23P6. The Bertz CT molecular complexity index is 557. The van der Waals surface area contributed by atoms with Gasteiger partial charge in [0.1, 0.15) is 0 Å². The summed E-state index contributed by atoms with van der Waals surface area (Å²) in [5.74, 6) is 0. The minimum absolute atomic E-state index is 0. The molecule has 0 aliphatic rings. The Morgan fingerprint density at radius 1 is 0.364 bits per heavy atom. The van der Waals surface area contributed by atoms with Crippen LogP contribution >= 0.6 is 46.9 Å². The third-order valence-electron chi connectivity index (χ3n) is 0.200. The van der Waals surface area contributed by atoms with Gasteiger partial charge in [0.2, 0.25) is 0 Å². The summed E-state index contributed by atoms with van der Waals surface area (Å²) in [6, 6.07) is 0. The average Bonchev–Trinajstić information content (AvgIpc) is 1.94. The van der Waals surface area contributed by atoms with Crippen LogP contribution < -0.4 is 138 Å². The number of phosphoric acid groups is 6. The van der Waals surface area contributed by atoms with E-state index in [-0.39, 0.29) is 118 Å². The van der Waals surface area contributed by atoms with E-state index in [1.165, 1.54) is 0 Å². The third-order valence-corrected chi connectivity index (χ3v) is 1.80. The van der Waals surface area contributed by atoms with Crippen LogP contribution in [0.15, 0.2) is 0 Å². The first kappa shape index (κ1) is 61.6. The molecule has 0 saturated heterocycles. The minimum atomic E-state index is -5.68. The maximum Gasteiger partial charge on any atom is 1.00 e. The van der Waals surface area contributed by atoms with Gasteiger partial charge >= 0.3 is 150 Å². The summed E-state index contributed by atoms with van der Waals surface area (Å²) in [6.07, 6.45) is 0. The van der Waals surface area contributed by atoms with E-state index in [1.54, 1.807) is 0 Å². The molecule has 0 aromatic heterocycles. The molecule has 0 aromatic carbocycles. The van der Waals surface area contributed by atoms with Crippen molar-refractivity contribution in [3.8, 4) is 0 Å². The molecule has 33 heteroatoms. The normalized spacial score (nSPS) is 10.9. The monoisotopic (exact) mass is 658 g/mol. The summed E-state index contributed by atoms with van der Waals surface area (Å²) in [7, 11) is -29.9. The zero-order valence-corrected chi connectivity index (χ0v) is 29.9. The zero-order valence-electron chi connectivity index (χ0n) is 16.5. The molecule has 0 atom stereocenters. The Kier molecular flexibility index (Phi) is 50.2. The summed E-state index contributed by atoms with van der Waals surface area (Å²) in [4.78, 5) is 124. The molecule has 0 unspecified atom stereocenters. The topological polar surface area (TPSA) is 447 Å². The van der Waals surface area contributed by atoms with Crippen LogP contribution in [0.25, 0.3) is 0 Å². The predicted molar refractivity (Wildman–Crippen MR) is 73.3 cm³/mol. The van der Waals surface area contributed by atoms with Crippen molar-refractivity contribution in [2.45, 2.75) is 0 Å². The first-order valence-corrected chi connectivity index (χ1v) is 13.8.